The van der Waals surface area contributed by atoms with Crippen molar-refractivity contribution in [3.05, 3.63) is 44.1 Å². The van der Waals surface area contributed by atoms with Crippen LogP contribution in [-0.4, -0.2) is 11.2 Å². The van der Waals surface area contributed by atoms with Crippen molar-refractivity contribution in [3.63, 3.8) is 0 Å². The van der Waals surface area contributed by atoms with Crippen molar-refractivity contribution < 1.29 is 4.39 Å². The Bertz CT molecular complexity index is 637. The molecule has 2 rings (SSSR count). The number of nitrogens with one attached hydrogen (secondary N) is 1. The molecule has 0 radical (unpaired) electrons. The lowest BCUT2D eigenvalue weighted by Crippen LogP contribution is -1.98. The standard InChI is InChI=1S/C13H13BrFN3S/c1-7-4-11(15)12(14)9(3)10(7)5-16-18-13-17-8(2)6-19-13/h4-6H,1-3H3,(H,17,18). The van der Waals surface area contributed by atoms with Gasteiger partial charge in [0.1, 0.15) is 5.82 Å². The second kappa shape index (κ2) is 5.79. The van der Waals surface area contributed by atoms with Crippen molar-refractivity contribution in [2.24, 2.45) is 5.10 Å². The van der Waals surface area contributed by atoms with E-state index in [1.165, 1.54) is 17.4 Å². The van der Waals surface area contributed by atoms with Crippen LogP contribution in [-0.2, 0) is 0 Å². The summed E-state index contributed by atoms with van der Waals surface area (Å²) in [4.78, 5) is 4.24. The fourth-order valence-electron chi connectivity index (χ4n) is 1.68. The SMILES string of the molecule is Cc1csc(NN=Cc2c(C)cc(F)c(Br)c2C)n1. The molecule has 19 heavy (non-hydrogen) atoms. The first-order valence-electron chi connectivity index (χ1n) is 5.65. The molecule has 0 atom stereocenters. The molecule has 6 heteroatoms. The lowest BCUT2D eigenvalue weighted by molar-refractivity contribution is 0.618. The summed E-state index contributed by atoms with van der Waals surface area (Å²) in [6, 6.07) is 1.49. The van der Waals surface area contributed by atoms with Gasteiger partial charge in [0.05, 0.1) is 16.4 Å². The van der Waals surface area contributed by atoms with Crippen molar-refractivity contribution in [3.8, 4) is 0 Å². The molecule has 1 N–H and O–H groups in total. The normalized spacial score (nSPS) is 11.2. The molecule has 1 aromatic carbocycles. The fraction of sp³-hybridized carbons (Fsp3) is 0.231. The average Bonchev–Trinajstić information content (AvgIpc) is 2.77. The predicted octanol–water partition coefficient (Wildman–Crippen LogP) is 4.42. The maximum Gasteiger partial charge on any atom is 0.203 e. The van der Waals surface area contributed by atoms with Crippen LogP contribution in [0.5, 0.6) is 0 Å². The summed E-state index contributed by atoms with van der Waals surface area (Å²) in [5.74, 6) is -0.254. The summed E-state index contributed by atoms with van der Waals surface area (Å²) in [6.07, 6.45) is 1.69. The molecule has 0 fully saturated rings. The minimum atomic E-state index is -0.254. The highest BCUT2D eigenvalue weighted by Gasteiger charge is 2.09. The number of thiazole rings is 1. The lowest BCUT2D eigenvalue weighted by atomic mass is 10.0. The van der Waals surface area contributed by atoms with Crippen LogP contribution < -0.4 is 5.43 Å². The molecule has 0 aliphatic rings. The zero-order valence-electron chi connectivity index (χ0n) is 10.8. The molecule has 0 bridgehead atoms. The molecule has 0 aliphatic carbocycles. The minimum Gasteiger partial charge on any atom is -0.253 e. The molecule has 0 aliphatic heterocycles. The van der Waals surface area contributed by atoms with Gasteiger partial charge in [0.2, 0.25) is 5.13 Å². The van der Waals surface area contributed by atoms with Crippen LogP contribution >= 0.6 is 27.3 Å². The van der Waals surface area contributed by atoms with Gasteiger partial charge in [-0.15, -0.1) is 11.3 Å². The summed E-state index contributed by atoms with van der Waals surface area (Å²) >= 11 is 4.73. The van der Waals surface area contributed by atoms with Crippen LogP contribution in [0.25, 0.3) is 0 Å². The van der Waals surface area contributed by atoms with E-state index in [4.69, 9.17) is 0 Å². The van der Waals surface area contributed by atoms with Gasteiger partial charge in [-0.25, -0.2) is 9.37 Å². The Kier molecular flexibility index (Phi) is 4.31. The van der Waals surface area contributed by atoms with Crippen LogP contribution in [0.2, 0.25) is 0 Å². The number of hydrazone groups is 1. The van der Waals surface area contributed by atoms with Gasteiger partial charge >= 0.3 is 0 Å². The Balaban J connectivity index is 2.21. The predicted molar refractivity (Wildman–Crippen MR) is 81.6 cm³/mol. The van der Waals surface area contributed by atoms with Gasteiger partial charge in [-0.05, 0) is 53.9 Å². The Morgan fingerprint density at radius 2 is 2.16 bits per heavy atom. The summed E-state index contributed by atoms with van der Waals surface area (Å²) in [5, 5.41) is 6.84. The molecule has 3 nitrogen and oxygen atoms in total. The van der Waals surface area contributed by atoms with Crippen molar-refractivity contribution in [1.82, 2.24) is 4.98 Å². The van der Waals surface area contributed by atoms with E-state index in [-0.39, 0.29) is 5.82 Å². The number of hydrogen-bond donors (Lipinski definition) is 1. The third-order valence-corrected chi connectivity index (χ3v) is 4.52. The van der Waals surface area contributed by atoms with Crippen LogP contribution in [0.4, 0.5) is 9.52 Å². The Morgan fingerprint density at radius 1 is 1.42 bits per heavy atom. The number of aromatic nitrogens is 1. The number of hydrogen-bond acceptors (Lipinski definition) is 4. The maximum atomic E-state index is 13.5. The summed E-state index contributed by atoms with van der Waals surface area (Å²) in [7, 11) is 0. The van der Waals surface area contributed by atoms with Gasteiger partial charge in [-0.1, -0.05) is 0 Å². The quantitative estimate of drug-likeness (QED) is 0.662. The van der Waals surface area contributed by atoms with Crippen LogP contribution in [0.15, 0.2) is 21.0 Å². The van der Waals surface area contributed by atoms with Gasteiger partial charge in [-0.2, -0.15) is 5.10 Å². The first-order valence-corrected chi connectivity index (χ1v) is 7.32. The molecular weight excluding hydrogens is 329 g/mol. The Labute approximate surface area is 123 Å². The van der Waals surface area contributed by atoms with Crippen LogP contribution in [0, 0.1) is 26.6 Å². The van der Waals surface area contributed by atoms with E-state index < -0.39 is 0 Å². The van der Waals surface area contributed by atoms with E-state index >= 15 is 0 Å². The molecule has 100 valence electrons. The highest BCUT2D eigenvalue weighted by atomic mass is 79.9. The molecule has 1 heterocycles. The van der Waals surface area contributed by atoms with E-state index in [9.17, 15) is 4.39 Å². The monoisotopic (exact) mass is 341 g/mol. The molecule has 1 aromatic heterocycles. The van der Waals surface area contributed by atoms with Crippen molar-refractivity contribution in [1.29, 1.82) is 0 Å². The van der Waals surface area contributed by atoms with Crippen LogP contribution in [0.1, 0.15) is 22.4 Å². The fourth-order valence-corrected chi connectivity index (χ4v) is 2.65. The number of rotatable bonds is 3. The van der Waals surface area contributed by atoms with E-state index in [0.29, 0.717) is 4.47 Å². The molecule has 0 spiro atoms. The number of anilines is 1. The number of benzene rings is 1. The van der Waals surface area contributed by atoms with E-state index in [0.717, 1.165) is 27.5 Å². The molecule has 0 saturated heterocycles. The Hall–Kier alpha value is -1.27. The van der Waals surface area contributed by atoms with Gasteiger partial charge < -0.3 is 0 Å². The van der Waals surface area contributed by atoms with Gasteiger partial charge in [-0.3, -0.25) is 5.43 Å². The first-order chi connectivity index (χ1) is 8.99. The van der Waals surface area contributed by atoms with E-state index in [1.54, 1.807) is 6.21 Å². The summed E-state index contributed by atoms with van der Waals surface area (Å²) < 4.78 is 14.0. The number of aryl methyl sites for hydroxylation is 2. The smallest absolute Gasteiger partial charge is 0.203 e. The number of nitrogens with zero attached hydrogens (tertiary/aromatic N) is 2. The van der Waals surface area contributed by atoms with Crippen molar-refractivity contribution >= 4 is 38.6 Å². The minimum absolute atomic E-state index is 0.254. The van der Waals surface area contributed by atoms with Crippen molar-refractivity contribution in [2.75, 3.05) is 5.43 Å². The zero-order valence-corrected chi connectivity index (χ0v) is 13.2. The van der Waals surface area contributed by atoms with Gasteiger partial charge in [0.15, 0.2) is 0 Å². The van der Waals surface area contributed by atoms with Gasteiger partial charge in [0, 0.05) is 10.9 Å². The average molecular weight is 342 g/mol. The second-order valence-electron chi connectivity index (χ2n) is 4.19. The van der Waals surface area contributed by atoms with E-state index in [2.05, 4.69) is 31.4 Å². The zero-order chi connectivity index (χ0) is 14.0. The summed E-state index contributed by atoms with van der Waals surface area (Å²) in [6.45, 7) is 5.64. The second-order valence-corrected chi connectivity index (χ2v) is 5.84. The topological polar surface area (TPSA) is 37.3 Å². The number of halogens is 2. The lowest BCUT2D eigenvalue weighted by Gasteiger charge is -2.08. The third-order valence-electron chi connectivity index (χ3n) is 2.68. The van der Waals surface area contributed by atoms with E-state index in [1.807, 2.05) is 26.2 Å². The van der Waals surface area contributed by atoms with Gasteiger partial charge in [0.25, 0.3) is 0 Å². The molecule has 2 aromatic rings. The highest BCUT2D eigenvalue weighted by molar-refractivity contribution is 9.10. The summed E-state index contributed by atoms with van der Waals surface area (Å²) in [5.41, 5.74) is 6.40. The molecule has 0 saturated carbocycles. The molecule has 0 unspecified atom stereocenters. The maximum absolute atomic E-state index is 13.5. The van der Waals surface area contributed by atoms with Crippen LogP contribution in [0.3, 0.4) is 0 Å². The van der Waals surface area contributed by atoms with Crippen molar-refractivity contribution in [2.45, 2.75) is 20.8 Å². The first kappa shape index (κ1) is 14.1. The Morgan fingerprint density at radius 3 is 2.79 bits per heavy atom. The largest absolute Gasteiger partial charge is 0.253 e. The molecular formula is C13H13BrFN3S. The highest BCUT2D eigenvalue weighted by Crippen LogP contribution is 2.25. The molecule has 0 amide bonds. The third kappa shape index (κ3) is 3.19.